The molecule has 1 unspecified atom stereocenters. The molecule has 0 saturated heterocycles. The maximum Gasteiger partial charge on any atom is 0.319 e. The maximum atomic E-state index is 12.5. The number of anilines is 2. The van der Waals surface area contributed by atoms with Gasteiger partial charge in [-0.15, -0.1) is 0 Å². The van der Waals surface area contributed by atoms with Crippen molar-refractivity contribution in [2.24, 2.45) is 0 Å². The highest BCUT2D eigenvalue weighted by Gasteiger charge is 2.16. The predicted octanol–water partition coefficient (Wildman–Crippen LogP) is 4.80. The molecule has 0 radical (unpaired) electrons. The molecule has 3 rings (SSSR count). The van der Waals surface area contributed by atoms with E-state index in [2.05, 4.69) is 41.1 Å². The van der Waals surface area contributed by atoms with Gasteiger partial charge in [0, 0.05) is 18.3 Å². The molecule has 5 nitrogen and oxygen atoms in total. The number of aryl methyl sites for hydroxylation is 2. The first-order chi connectivity index (χ1) is 13.0. The van der Waals surface area contributed by atoms with E-state index in [4.69, 9.17) is 0 Å². The number of carbonyl (C=O) groups is 2. The Kier molecular flexibility index (Phi) is 6.12. The van der Waals surface area contributed by atoms with E-state index < -0.39 is 0 Å². The summed E-state index contributed by atoms with van der Waals surface area (Å²) in [5.74, 6) is -0.143. The molecule has 3 amide bonds. The van der Waals surface area contributed by atoms with Gasteiger partial charge in [-0.3, -0.25) is 4.79 Å². The minimum Gasteiger partial charge on any atom is -0.331 e. The van der Waals surface area contributed by atoms with E-state index in [-0.39, 0.29) is 18.0 Å². The Balaban J connectivity index is 1.66. The average Bonchev–Trinajstić information content (AvgIpc) is 2.65. The number of fused-ring (bicyclic) bond motifs is 1. The summed E-state index contributed by atoms with van der Waals surface area (Å²) in [6.45, 7) is 3.53. The number of benzene rings is 2. The van der Waals surface area contributed by atoms with Gasteiger partial charge in [-0.05, 0) is 67.0 Å². The Morgan fingerprint density at radius 2 is 1.67 bits per heavy atom. The second-order valence-electron chi connectivity index (χ2n) is 7.06. The van der Waals surface area contributed by atoms with E-state index in [1.165, 1.54) is 30.9 Å². The molecule has 0 bridgehead atoms. The number of amides is 3. The number of nitrogens with one attached hydrogen (secondary N) is 3. The Morgan fingerprint density at radius 1 is 0.963 bits per heavy atom. The van der Waals surface area contributed by atoms with Crippen molar-refractivity contribution < 1.29 is 9.59 Å². The van der Waals surface area contributed by atoms with Crippen LogP contribution in [0.15, 0.2) is 42.5 Å². The Hall–Kier alpha value is -2.82. The van der Waals surface area contributed by atoms with Gasteiger partial charge in [0.2, 0.25) is 5.91 Å². The third-order valence-corrected chi connectivity index (χ3v) is 4.93. The first kappa shape index (κ1) is 19.0. The topological polar surface area (TPSA) is 70.2 Å². The van der Waals surface area contributed by atoms with E-state index in [0.717, 1.165) is 24.8 Å². The predicted molar refractivity (Wildman–Crippen MR) is 109 cm³/mol. The minimum atomic E-state index is -0.250. The normalized spacial score (nSPS) is 14.0. The van der Waals surface area contributed by atoms with E-state index in [0.29, 0.717) is 11.4 Å². The molecule has 1 aliphatic carbocycles. The van der Waals surface area contributed by atoms with E-state index in [1.807, 2.05) is 0 Å². The van der Waals surface area contributed by atoms with Crippen molar-refractivity contribution >= 4 is 23.3 Å². The molecule has 0 fully saturated rings. The number of rotatable bonds is 5. The maximum absolute atomic E-state index is 12.5. The van der Waals surface area contributed by atoms with Crippen molar-refractivity contribution in [3.63, 3.8) is 0 Å². The van der Waals surface area contributed by atoms with E-state index in [1.54, 1.807) is 24.3 Å². The largest absolute Gasteiger partial charge is 0.331 e. The fourth-order valence-corrected chi connectivity index (χ4v) is 3.59. The highest BCUT2D eigenvalue weighted by molar-refractivity contribution is 5.92. The van der Waals surface area contributed by atoms with Gasteiger partial charge in [0.15, 0.2) is 0 Å². The van der Waals surface area contributed by atoms with E-state index in [9.17, 15) is 9.59 Å². The zero-order valence-corrected chi connectivity index (χ0v) is 16.0. The molecule has 1 atom stereocenters. The van der Waals surface area contributed by atoms with Gasteiger partial charge in [-0.25, -0.2) is 4.79 Å². The van der Waals surface area contributed by atoms with Crippen molar-refractivity contribution in [1.82, 2.24) is 5.32 Å². The highest BCUT2D eigenvalue weighted by Crippen LogP contribution is 2.26. The van der Waals surface area contributed by atoms with Crippen LogP contribution in [0.1, 0.15) is 55.8 Å². The minimum absolute atomic E-state index is 0.0317. The second-order valence-corrected chi connectivity index (χ2v) is 7.06. The van der Waals surface area contributed by atoms with Crippen LogP contribution in [-0.2, 0) is 17.6 Å². The molecular formula is C22H27N3O2. The molecule has 0 heterocycles. The summed E-state index contributed by atoms with van der Waals surface area (Å²) in [6, 6.07) is 13.4. The summed E-state index contributed by atoms with van der Waals surface area (Å²) >= 11 is 0. The molecule has 1 aliphatic rings. The molecule has 5 heteroatoms. The quantitative estimate of drug-likeness (QED) is 0.712. The van der Waals surface area contributed by atoms with Gasteiger partial charge in [0.1, 0.15) is 0 Å². The summed E-state index contributed by atoms with van der Waals surface area (Å²) in [5, 5.41) is 8.63. The molecule has 142 valence electrons. The van der Waals surface area contributed by atoms with Crippen LogP contribution in [0.2, 0.25) is 0 Å². The third-order valence-electron chi connectivity index (χ3n) is 4.93. The molecule has 0 saturated carbocycles. The van der Waals surface area contributed by atoms with Crippen LogP contribution >= 0.6 is 0 Å². The Morgan fingerprint density at radius 3 is 2.37 bits per heavy atom. The molecule has 2 aromatic carbocycles. The zero-order valence-electron chi connectivity index (χ0n) is 16.0. The average molecular weight is 365 g/mol. The Bertz CT molecular complexity index is 832. The van der Waals surface area contributed by atoms with Crippen LogP contribution in [-0.4, -0.2) is 11.9 Å². The molecule has 3 N–H and O–H groups in total. The van der Waals surface area contributed by atoms with E-state index >= 15 is 0 Å². The van der Waals surface area contributed by atoms with Crippen molar-refractivity contribution in [2.45, 2.75) is 52.0 Å². The standard InChI is InChI=1S/C22H27N3O2/c1-3-21(18-12-11-16-7-4-5-8-17(16)13-18)25-22(27)24-20-10-6-9-19(14-20)23-15(2)26/h6,9-14,21H,3-5,7-8H2,1-2H3,(H,23,26)(H2,24,25,27). The van der Waals surface area contributed by atoms with Crippen molar-refractivity contribution in [1.29, 1.82) is 0 Å². The first-order valence-corrected chi connectivity index (χ1v) is 9.62. The lowest BCUT2D eigenvalue weighted by Gasteiger charge is -2.22. The first-order valence-electron chi connectivity index (χ1n) is 9.62. The number of carbonyl (C=O) groups excluding carboxylic acids is 2. The van der Waals surface area contributed by atoms with Crippen LogP contribution < -0.4 is 16.0 Å². The van der Waals surface area contributed by atoms with Gasteiger partial charge >= 0.3 is 6.03 Å². The van der Waals surface area contributed by atoms with Crippen LogP contribution in [0.25, 0.3) is 0 Å². The number of urea groups is 1. The smallest absolute Gasteiger partial charge is 0.319 e. The van der Waals surface area contributed by atoms with Crippen LogP contribution in [0.3, 0.4) is 0 Å². The van der Waals surface area contributed by atoms with Crippen molar-refractivity contribution in [3.05, 3.63) is 59.2 Å². The van der Waals surface area contributed by atoms with Crippen LogP contribution in [0, 0.1) is 0 Å². The summed E-state index contributed by atoms with van der Waals surface area (Å²) in [5.41, 5.74) is 5.31. The summed E-state index contributed by atoms with van der Waals surface area (Å²) in [7, 11) is 0. The second kappa shape index (κ2) is 8.71. The summed E-state index contributed by atoms with van der Waals surface area (Å²) < 4.78 is 0. The fraction of sp³-hybridized carbons (Fsp3) is 0.364. The summed E-state index contributed by atoms with van der Waals surface area (Å²) in [4.78, 5) is 23.6. The van der Waals surface area contributed by atoms with Crippen molar-refractivity contribution in [2.75, 3.05) is 10.6 Å². The number of hydrogen-bond acceptors (Lipinski definition) is 2. The van der Waals surface area contributed by atoms with Crippen LogP contribution in [0.5, 0.6) is 0 Å². The molecule has 0 aromatic heterocycles. The SMILES string of the molecule is CCC(NC(=O)Nc1cccc(NC(C)=O)c1)c1ccc2c(c1)CCCC2. The number of hydrogen-bond donors (Lipinski definition) is 3. The molecule has 0 aliphatic heterocycles. The zero-order chi connectivity index (χ0) is 19.2. The van der Waals surface area contributed by atoms with Crippen molar-refractivity contribution in [3.8, 4) is 0 Å². The lowest BCUT2D eigenvalue weighted by atomic mass is 9.89. The molecular weight excluding hydrogens is 338 g/mol. The van der Waals surface area contributed by atoms with Gasteiger partial charge in [-0.1, -0.05) is 31.2 Å². The molecule has 2 aromatic rings. The monoisotopic (exact) mass is 365 g/mol. The fourth-order valence-electron chi connectivity index (χ4n) is 3.59. The summed E-state index contributed by atoms with van der Waals surface area (Å²) in [6.07, 6.45) is 5.61. The van der Waals surface area contributed by atoms with Gasteiger partial charge in [0.25, 0.3) is 0 Å². The molecule has 0 spiro atoms. The van der Waals surface area contributed by atoms with Gasteiger partial charge in [0.05, 0.1) is 6.04 Å². The molecule has 27 heavy (non-hydrogen) atoms. The lowest BCUT2D eigenvalue weighted by molar-refractivity contribution is -0.114. The highest BCUT2D eigenvalue weighted by atomic mass is 16.2. The van der Waals surface area contributed by atoms with Crippen LogP contribution in [0.4, 0.5) is 16.2 Å². The Labute approximate surface area is 160 Å². The van der Waals surface area contributed by atoms with Gasteiger partial charge < -0.3 is 16.0 Å². The van der Waals surface area contributed by atoms with Gasteiger partial charge in [-0.2, -0.15) is 0 Å². The third kappa shape index (κ3) is 5.09. The lowest BCUT2D eigenvalue weighted by Crippen LogP contribution is -2.32.